The molecular weight excluding hydrogens is 354 g/mol. The molecule has 1 saturated carbocycles. The molecule has 6 nitrogen and oxygen atoms in total. The molecule has 26 heavy (non-hydrogen) atoms. The highest BCUT2D eigenvalue weighted by atomic mass is 32.2. The normalized spacial score (nSPS) is 23.8. The Morgan fingerprint density at radius 1 is 1.08 bits per heavy atom. The zero-order valence-corrected chi connectivity index (χ0v) is 16.8. The van der Waals surface area contributed by atoms with Crippen LogP contribution in [0.3, 0.4) is 0 Å². The third-order valence-corrected chi connectivity index (χ3v) is 8.67. The highest BCUT2D eigenvalue weighted by molar-refractivity contribution is 7.93. The number of sulfone groups is 1. The Morgan fingerprint density at radius 3 is 2.31 bits per heavy atom. The molecule has 0 aromatic heterocycles. The molecule has 2 unspecified atom stereocenters. The summed E-state index contributed by atoms with van der Waals surface area (Å²) in [7, 11) is -3.50. The molecular formula is C19H33NO5S. The first kappa shape index (κ1) is 21.2. The summed E-state index contributed by atoms with van der Waals surface area (Å²) in [6, 6.07) is 0. The van der Waals surface area contributed by atoms with Crippen molar-refractivity contribution < 1.29 is 23.1 Å². The molecule has 0 aromatic carbocycles. The van der Waals surface area contributed by atoms with Gasteiger partial charge in [-0.3, -0.25) is 9.59 Å². The lowest BCUT2D eigenvalue weighted by Gasteiger charge is -2.37. The molecule has 1 heterocycles. The highest BCUT2D eigenvalue weighted by Crippen LogP contribution is 2.31. The van der Waals surface area contributed by atoms with Crippen molar-refractivity contribution in [3.8, 4) is 0 Å². The SMILES string of the molecule is CC(C)C(C(=O)N1CCCC(CCC(=O)O)C1)S(=O)(=O)C1CCCCC1. The number of hydrogen-bond acceptors (Lipinski definition) is 4. The molecule has 1 aliphatic heterocycles. The minimum atomic E-state index is -3.50. The van der Waals surface area contributed by atoms with Crippen molar-refractivity contribution in [1.82, 2.24) is 4.90 Å². The van der Waals surface area contributed by atoms with Crippen molar-refractivity contribution in [3.05, 3.63) is 0 Å². The average Bonchev–Trinajstić information content (AvgIpc) is 2.60. The Morgan fingerprint density at radius 2 is 1.73 bits per heavy atom. The number of hydrogen-bond donors (Lipinski definition) is 1. The van der Waals surface area contributed by atoms with Crippen LogP contribution in [0.2, 0.25) is 0 Å². The van der Waals surface area contributed by atoms with Gasteiger partial charge in [0.15, 0.2) is 9.84 Å². The van der Waals surface area contributed by atoms with E-state index in [1.165, 1.54) is 0 Å². The Labute approximate surface area is 157 Å². The van der Waals surface area contributed by atoms with Crippen molar-refractivity contribution >= 4 is 21.7 Å². The van der Waals surface area contributed by atoms with Gasteiger partial charge in [0.05, 0.1) is 5.25 Å². The summed E-state index contributed by atoms with van der Waals surface area (Å²) in [5.74, 6) is -1.21. The first-order valence-corrected chi connectivity index (χ1v) is 11.6. The van der Waals surface area contributed by atoms with Crippen LogP contribution in [0, 0.1) is 11.8 Å². The predicted molar refractivity (Wildman–Crippen MR) is 101 cm³/mol. The first-order chi connectivity index (χ1) is 12.2. The number of piperidine rings is 1. The van der Waals surface area contributed by atoms with Crippen molar-refractivity contribution in [3.63, 3.8) is 0 Å². The maximum absolute atomic E-state index is 13.2. The molecule has 0 radical (unpaired) electrons. The van der Waals surface area contributed by atoms with Crippen LogP contribution in [-0.4, -0.2) is 53.9 Å². The number of carbonyl (C=O) groups excluding carboxylic acids is 1. The summed E-state index contributed by atoms with van der Waals surface area (Å²) in [5, 5.41) is 7.51. The number of rotatable bonds is 7. The summed E-state index contributed by atoms with van der Waals surface area (Å²) in [4.78, 5) is 25.6. The van der Waals surface area contributed by atoms with Gasteiger partial charge in [-0.05, 0) is 43.9 Å². The van der Waals surface area contributed by atoms with Crippen LogP contribution in [0.1, 0.15) is 71.6 Å². The maximum atomic E-state index is 13.2. The molecule has 1 aliphatic carbocycles. The monoisotopic (exact) mass is 387 g/mol. The van der Waals surface area contributed by atoms with E-state index in [4.69, 9.17) is 5.11 Å². The summed E-state index contributed by atoms with van der Waals surface area (Å²) in [6.45, 7) is 4.69. The van der Waals surface area contributed by atoms with Crippen LogP contribution in [0.25, 0.3) is 0 Å². The zero-order chi connectivity index (χ0) is 19.3. The van der Waals surface area contributed by atoms with Crippen molar-refractivity contribution in [1.29, 1.82) is 0 Å². The molecule has 150 valence electrons. The van der Waals surface area contributed by atoms with E-state index in [1.807, 2.05) is 13.8 Å². The van der Waals surface area contributed by atoms with Crippen LogP contribution in [0.15, 0.2) is 0 Å². The Bertz CT molecular complexity index is 595. The maximum Gasteiger partial charge on any atom is 0.303 e. The van der Waals surface area contributed by atoms with Crippen LogP contribution in [0.4, 0.5) is 0 Å². The van der Waals surface area contributed by atoms with Gasteiger partial charge in [-0.2, -0.15) is 0 Å². The third-order valence-electron chi connectivity index (χ3n) is 5.82. The van der Waals surface area contributed by atoms with Gasteiger partial charge in [0, 0.05) is 19.5 Å². The quantitative estimate of drug-likeness (QED) is 0.725. The molecule has 1 N–H and O–H groups in total. The minimum absolute atomic E-state index is 0.0979. The van der Waals surface area contributed by atoms with Crippen LogP contribution < -0.4 is 0 Å². The first-order valence-electron chi connectivity index (χ1n) is 9.96. The van der Waals surface area contributed by atoms with Crippen molar-refractivity contribution in [2.75, 3.05) is 13.1 Å². The standard InChI is InChI=1S/C19H33NO5S/c1-14(2)18(26(24,25)16-8-4-3-5-9-16)19(23)20-12-6-7-15(13-20)10-11-17(21)22/h14-16,18H,3-13H2,1-2H3,(H,21,22). The molecule has 1 saturated heterocycles. The van der Waals surface area contributed by atoms with E-state index in [0.717, 1.165) is 32.1 Å². The van der Waals surface area contributed by atoms with E-state index in [-0.39, 0.29) is 29.4 Å². The van der Waals surface area contributed by atoms with Gasteiger partial charge in [0.1, 0.15) is 5.25 Å². The summed E-state index contributed by atoms with van der Waals surface area (Å²) < 4.78 is 26.4. The average molecular weight is 388 g/mol. The fraction of sp³-hybridized carbons (Fsp3) is 0.895. The molecule has 0 bridgehead atoms. The van der Waals surface area contributed by atoms with E-state index in [1.54, 1.807) is 4.90 Å². The smallest absolute Gasteiger partial charge is 0.303 e. The molecule has 2 aliphatic rings. The number of nitrogens with zero attached hydrogens (tertiary/aromatic N) is 1. The molecule has 1 amide bonds. The number of carboxylic acids is 1. The largest absolute Gasteiger partial charge is 0.481 e. The third kappa shape index (κ3) is 5.21. The van der Waals surface area contributed by atoms with E-state index in [2.05, 4.69) is 0 Å². The second-order valence-electron chi connectivity index (χ2n) is 8.24. The number of amides is 1. The van der Waals surface area contributed by atoms with E-state index in [0.29, 0.717) is 32.4 Å². The minimum Gasteiger partial charge on any atom is -0.481 e. The molecule has 2 atom stereocenters. The van der Waals surface area contributed by atoms with E-state index in [9.17, 15) is 18.0 Å². The van der Waals surface area contributed by atoms with Gasteiger partial charge in [-0.15, -0.1) is 0 Å². The molecule has 2 rings (SSSR count). The predicted octanol–water partition coefficient (Wildman–Crippen LogP) is 2.86. The Hall–Kier alpha value is -1.11. The summed E-state index contributed by atoms with van der Waals surface area (Å²) in [5.41, 5.74) is 0. The second-order valence-corrected chi connectivity index (χ2v) is 10.6. The van der Waals surface area contributed by atoms with E-state index < -0.39 is 21.1 Å². The van der Waals surface area contributed by atoms with Crippen LogP contribution in [0.5, 0.6) is 0 Å². The second kappa shape index (κ2) is 9.20. The van der Waals surface area contributed by atoms with Crippen molar-refractivity contribution in [2.24, 2.45) is 11.8 Å². The number of likely N-dealkylation sites (tertiary alicyclic amines) is 1. The van der Waals surface area contributed by atoms with Gasteiger partial charge in [-0.1, -0.05) is 33.1 Å². The van der Waals surface area contributed by atoms with Gasteiger partial charge in [0.2, 0.25) is 5.91 Å². The number of carboxylic acid groups (broad SMARTS) is 1. The lowest BCUT2D eigenvalue weighted by molar-refractivity contribution is -0.137. The topological polar surface area (TPSA) is 91.8 Å². The van der Waals surface area contributed by atoms with Crippen molar-refractivity contribution in [2.45, 2.75) is 82.1 Å². The fourth-order valence-electron chi connectivity index (χ4n) is 4.41. The summed E-state index contributed by atoms with van der Waals surface area (Å²) in [6.07, 6.45) is 6.60. The van der Waals surface area contributed by atoms with Gasteiger partial charge >= 0.3 is 5.97 Å². The van der Waals surface area contributed by atoms with Crippen LogP contribution >= 0.6 is 0 Å². The number of aliphatic carboxylic acids is 1. The molecule has 0 aromatic rings. The number of carbonyl (C=O) groups is 2. The van der Waals surface area contributed by atoms with Gasteiger partial charge < -0.3 is 10.0 Å². The molecule has 0 spiro atoms. The van der Waals surface area contributed by atoms with Gasteiger partial charge in [0.25, 0.3) is 0 Å². The van der Waals surface area contributed by atoms with E-state index >= 15 is 0 Å². The Balaban J connectivity index is 2.10. The lowest BCUT2D eigenvalue weighted by Crippen LogP contribution is -2.51. The zero-order valence-electron chi connectivity index (χ0n) is 16.0. The highest BCUT2D eigenvalue weighted by Gasteiger charge is 2.43. The van der Waals surface area contributed by atoms with Crippen LogP contribution in [-0.2, 0) is 19.4 Å². The molecule has 2 fully saturated rings. The van der Waals surface area contributed by atoms with Gasteiger partial charge in [-0.25, -0.2) is 8.42 Å². The summed E-state index contributed by atoms with van der Waals surface area (Å²) >= 11 is 0. The fourth-order valence-corrected chi connectivity index (χ4v) is 7.01. The molecule has 7 heteroatoms. The Kier molecular flexibility index (Phi) is 7.50. The lowest BCUT2D eigenvalue weighted by atomic mass is 9.93.